The van der Waals surface area contributed by atoms with Gasteiger partial charge in [-0.1, -0.05) is 12.8 Å². The van der Waals surface area contributed by atoms with Crippen LogP contribution in [0.15, 0.2) is 15.9 Å². The molecule has 0 aromatic carbocycles. The monoisotopic (exact) mass is 374 g/mol. The summed E-state index contributed by atoms with van der Waals surface area (Å²) in [6.45, 7) is 3.12. The van der Waals surface area contributed by atoms with E-state index in [0.717, 1.165) is 38.6 Å². The smallest absolute Gasteiger partial charge is 0.332 e. The van der Waals surface area contributed by atoms with Gasteiger partial charge in [0.2, 0.25) is 0 Å². The van der Waals surface area contributed by atoms with Crippen LogP contribution >= 0.6 is 0 Å². The molecule has 148 valence electrons. The maximum Gasteiger partial charge on any atom is 0.332 e. The fourth-order valence-corrected chi connectivity index (χ4v) is 4.36. The SMILES string of the molecule is Cn1c(=O)n(C[C@@H]2CCCC[C@@](C)(O)CC2)c(=O)c2c1ncn2CC1CC1. The van der Waals surface area contributed by atoms with Crippen LogP contribution in [-0.4, -0.2) is 29.4 Å². The average molecular weight is 374 g/mol. The normalized spacial score (nSPS) is 26.9. The van der Waals surface area contributed by atoms with Crippen LogP contribution in [0.5, 0.6) is 0 Å². The molecule has 4 rings (SSSR count). The van der Waals surface area contributed by atoms with Crippen molar-refractivity contribution in [3.05, 3.63) is 27.2 Å². The van der Waals surface area contributed by atoms with Crippen LogP contribution in [0.25, 0.3) is 11.2 Å². The summed E-state index contributed by atoms with van der Waals surface area (Å²) in [6, 6.07) is 0. The highest BCUT2D eigenvalue weighted by Gasteiger charge is 2.27. The second-order valence-corrected chi connectivity index (χ2v) is 8.92. The zero-order valence-electron chi connectivity index (χ0n) is 16.4. The van der Waals surface area contributed by atoms with E-state index in [1.165, 1.54) is 22.0 Å². The second kappa shape index (κ2) is 6.93. The van der Waals surface area contributed by atoms with Gasteiger partial charge in [0.15, 0.2) is 11.2 Å². The summed E-state index contributed by atoms with van der Waals surface area (Å²) in [5, 5.41) is 10.4. The third-order valence-corrected chi connectivity index (χ3v) is 6.36. The van der Waals surface area contributed by atoms with Gasteiger partial charge in [0.25, 0.3) is 5.56 Å². The number of rotatable bonds is 4. The first-order valence-electron chi connectivity index (χ1n) is 10.2. The summed E-state index contributed by atoms with van der Waals surface area (Å²) in [6.07, 6.45) is 9.47. The van der Waals surface area contributed by atoms with E-state index in [9.17, 15) is 14.7 Å². The Kier molecular flexibility index (Phi) is 4.74. The molecule has 0 radical (unpaired) electrons. The van der Waals surface area contributed by atoms with Crippen molar-refractivity contribution in [2.75, 3.05) is 0 Å². The molecule has 0 bridgehead atoms. The summed E-state index contributed by atoms with van der Waals surface area (Å²) < 4.78 is 4.82. The Balaban J connectivity index is 1.68. The Morgan fingerprint density at radius 2 is 1.85 bits per heavy atom. The van der Waals surface area contributed by atoms with Crippen LogP contribution in [0.1, 0.15) is 58.3 Å². The summed E-state index contributed by atoms with van der Waals surface area (Å²) in [5.41, 5.74) is -0.135. The van der Waals surface area contributed by atoms with Gasteiger partial charge in [-0.15, -0.1) is 0 Å². The third-order valence-electron chi connectivity index (χ3n) is 6.36. The molecule has 0 amide bonds. The fourth-order valence-electron chi connectivity index (χ4n) is 4.36. The molecule has 2 saturated carbocycles. The minimum atomic E-state index is -0.637. The predicted octanol–water partition coefficient (Wildman–Crippen LogP) is 2.03. The largest absolute Gasteiger partial charge is 0.390 e. The van der Waals surface area contributed by atoms with Crippen molar-refractivity contribution < 1.29 is 5.11 Å². The van der Waals surface area contributed by atoms with Gasteiger partial charge in [-0.3, -0.25) is 13.9 Å². The molecule has 0 unspecified atom stereocenters. The number of hydrogen-bond donors (Lipinski definition) is 1. The Morgan fingerprint density at radius 3 is 2.59 bits per heavy atom. The Labute approximate surface area is 158 Å². The molecule has 2 fully saturated rings. The van der Waals surface area contributed by atoms with Crippen LogP contribution in [0.3, 0.4) is 0 Å². The minimum Gasteiger partial charge on any atom is -0.390 e. The lowest BCUT2D eigenvalue weighted by atomic mass is 9.83. The molecule has 2 atom stereocenters. The van der Waals surface area contributed by atoms with Gasteiger partial charge >= 0.3 is 5.69 Å². The van der Waals surface area contributed by atoms with Gasteiger partial charge in [-0.25, -0.2) is 9.78 Å². The van der Waals surface area contributed by atoms with Crippen LogP contribution in [0.4, 0.5) is 0 Å². The maximum atomic E-state index is 13.2. The van der Waals surface area contributed by atoms with Gasteiger partial charge in [0.05, 0.1) is 11.9 Å². The van der Waals surface area contributed by atoms with E-state index in [1.807, 2.05) is 11.5 Å². The third kappa shape index (κ3) is 3.74. The number of fused-ring (bicyclic) bond motifs is 1. The van der Waals surface area contributed by atoms with E-state index in [2.05, 4.69) is 4.98 Å². The molecule has 27 heavy (non-hydrogen) atoms. The first-order chi connectivity index (χ1) is 12.9. The van der Waals surface area contributed by atoms with Crippen LogP contribution in [-0.2, 0) is 20.1 Å². The minimum absolute atomic E-state index is 0.222. The summed E-state index contributed by atoms with van der Waals surface area (Å²) in [4.78, 5) is 30.3. The van der Waals surface area contributed by atoms with Gasteiger partial charge in [-0.2, -0.15) is 0 Å². The molecule has 2 aromatic heterocycles. The van der Waals surface area contributed by atoms with E-state index in [4.69, 9.17) is 0 Å². The molecule has 0 spiro atoms. The molecule has 2 aliphatic rings. The predicted molar refractivity (Wildman–Crippen MR) is 104 cm³/mol. The molecular weight excluding hydrogens is 344 g/mol. The van der Waals surface area contributed by atoms with Gasteiger partial charge in [0.1, 0.15) is 0 Å². The number of imidazole rings is 1. The van der Waals surface area contributed by atoms with Gasteiger partial charge in [-0.05, 0) is 57.3 Å². The van der Waals surface area contributed by atoms with E-state index >= 15 is 0 Å². The van der Waals surface area contributed by atoms with E-state index in [-0.39, 0.29) is 17.2 Å². The number of aromatic nitrogens is 4. The standard InChI is InChI=1S/C20H30N4O3/c1-20(27)9-4-3-5-14(8-10-20)12-24-18(25)16-17(22(2)19(24)26)21-13-23(16)11-15-6-7-15/h13-15,27H,3-12H2,1-2H3/t14-,20-/m1/s1. The van der Waals surface area contributed by atoms with E-state index in [1.54, 1.807) is 13.4 Å². The van der Waals surface area contributed by atoms with Crippen molar-refractivity contribution in [1.29, 1.82) is 0 Å². The fraction of sp³-hybridized carbons (Fsp3) is 0.750. The topological polar surface area (TPSA) is 82.0 Å². The summed E-state index contributed by atoms with van der Waals surface area (Å²) >= 11 is 0. The summed E-state index contributed by atoms with van der Waals surface area (Å²) in [7, 11) is 1.69. The van der Waals surface area contributed by atoms with Crippen LogP contribution in [0.2, 0.25) is 0 Å². The van der Waals surface area contributed by atoms with Crippen LogP contribution < -0.4 is 11.2 Å². The molecule has 1 N–H and O–H groups in total. The molecular formula is C20H30N4O3. The zero-order chi connectivity index (χ0) is 19.2. The van der Waals surface area contributed by atoms with E-state index in [0.29, 0.717) is 30.0 Å². The number of hydrogen-bond acceptors (Lipinski definition) is 4. The first kappa shape index (κ1) is 18.5. The molecule has 2 aliphatic carbocycles. The van der Waals surface area contributed by atoms with Crippen molar-refractivity contribution in [3.63, 3.8) is 0 Å². The highest BCUT2D eigenvalue weighted by Crippen LogP contribution is 2.31. The Bertz CT molecular complexity index is 949. The Hall–Kier alpha value is -1.89. The van der Waals surface area contributed by atoms with Crippen molar-refractivity contribution in [2.24, 2.45) is 18.9 Å². The van der Waals surface area contributed by atoms with Crippen molar-refractivity contribution in [3.8, 4) is 0 Å². The van der Waals surface area contributed by atoms with Crippen molar-refractivity contribution in [2.45, 2.75) is 77.0 Å². The lowest BCUT2D eigenvalue weighted by Gasteiger charge is -2.29. The van der Waals surface area contributed by atoms with E-state index < -0.39 is 5.60 Å². The molecule has 0 aliphatic heterocycles. The van der Waals surface area contributed by atoms with Crippen molar-refractivity contribution in [1.82, 2.24) is 18.7 Å². The molecule has 7 nitrogen and oxygen atoms in total. The van der Waals surface area contributed by atoms with Gasteiger partial charge in [0, 0.05) is 20.1 Å². The number of aryl methyl sites for hydroxylation is 1. The highest BCUT2D eigenvalue weighted by atomic mass is 16.3. The second-order valence-electron chi connectivity index (χ2n) is 8.92. The highest BCUT2D eigenvalue weighted by molar-refractivity contribution is 5.69. The summed E-state index contributed by atoms with van der Waals surface area (Å²) in [5.74, 6) is 0.861. The molecule has 2 aromatic rings. The number of aliphatic hydroxyl groups is 1. The molecule has 7 heteroatoms. The molecule has 2 heterocycles. The quantitative estimate of drug-likeness (QED) is 0.888. The van der Waals surface area contributed by atoms with Crippen molar-refractivity contribution >= 4 is 11.2 Å². The lowest BCUT2D eigenvalue weighted by molar-refractivity contribution is 0.0250. The van der Waals surface area contributed by atoms with Gasteiger partial charge < -0.3 is 9.67 Å². The number of nitrogens with zero attached hydrogens (tertiary/aromatic N) is 4. The lowest BCUT2D eigenvalue weighted by Crippen LogP contribution is -2.41. The van der Waals surface area contributed by atoms with Crippen LogP contribution in [0, 0.1) is 11.8 Å². The molecule has 0 saturated heterocycles. The average Bonchev–Trinajstić information content (AvgIpc) is 3.33. The Morgan fingerprint density at radius 1 is 1.11 bits per heavy atom. The zero-order valence-corrected chi connectivity index (χ0v) is 16.4. The first-order valence-corrected chi connectivity index (χ1v) is 10.2. The maximum absolute atomic E-state index is 13.2.